The summed E-state index contributed by atoms with van der Waals surface area (Å²) in [4.78, 5) is 8.50. The van der Waals surface area contributed by atoms with E-state index in [1.807, 2.05) is 0 Å². The van der Waals surface area contributed by atoms with Gasteiger partial charge in [0.25, 0.3) is 0 Å². The Bertz CT molecular complexity index is 335. The highest BCUT2D eigenvalue weighted by Gasteiger charge is 2.23. The molecule has 0 unspecified atom stereocenters. The van der Waals surface area contributed by atoms with E-state index in [0.717, 1.165) is 0 Å². The Morgan fingerprint density at radius 3 is 2.77 bits per heavy atom. The lowest BCUT2D eigenvalue weighted by atomic mass is 10.4. The van der Waals surface area contributed by atoms with Crippen LogP contribution in [0.5, 0.6) is 0 Å². The zero-order valence-electron chi connectivity index (χ0n) is 7.03. The fourth-order valence-electron chi connectivity index (χ4n) is 1.04. The Balaban J connectivity index is 2.25. The second-order valence-electron chi connectivity index (χ2n) is 3.04. The number of aromatic nitrogens is 2. The van der Waals surface area contributed by atoms with Crippen molar-refractivity contribution in [2.24, 2.45) is 5.73 Å². The number of hydrogen-bond acceptors (Lipinski definition) is 4. The first-order chi connectivity index (χ1) is 6.27. The van der Waals surface area contributed by atoms with Crippen LogP contribution in [0.25, 0.3) is 0 Å². The van der Waals surface area contributed by atoms with Crippen LogP contribution in [0.3, 0.4) is 0 Å². The largest absolute Gasteiger partial charge is 0.388 e. The second-order valence-corrected chi connectivity index (χ2v) is 3.48. The zero-order chi connectivity index (χ0) is 9.26. The van der Waals surface area contributed by atoms with E-state index in [4.69, 9.17) is 18.0 Å². The molecule has 0 amide bonds. The summed E-state index contributed by atoms with van der Waals surface area (Å²) in [6, 6.07) is 0.532. The van der Waals surface area contributed by atoms with Gasteiger partial charge in [-0.3, -0.25) is 0 Å². The number of rotatable bonds is 3. The van der Waals surface area contributed by atoms with Gasteiger partial charge in [0.1, 0.15) is 10.7 Å². The quantitative estimate of drug-likeness (QED) is 0.693. The monoisotopic (exact) mass is 194 g/mol. The predicted octanol–water partition coefficient (Wildman–Crippen LogP) is 0.685. The van der Waals surface area contributed by atoms with Crippen molar-refractivity contribution >= 4 is 23.0 Å². The summed E-state index contributed by atoms with van der Waals surface area (Å²) in [6.45, 7) is 0. The molecule has 3 N–H and O–H groups in total. The maximum Gasteiger partial charge on any atom is 0.155 e. The molecule has 0 spiro atoms. The van der Waals surface area contributed by atoms with Crippen molar-refractivity contribution in [1.82, 2.24) is 9.97 Å². The minimum atomic E-state index is 0.288. The first-order valence-electron chi connectivity index (χ1n) is 4.14. The first kappa shape index (κ1) is 8.37. The van der Waals surface area contributed by atoms with Crippen LogP contribution >= 0.6 is 12.2 Å². The minimum absolute atomic E-state index is 0.288. The number of nitrogens with zero attached hydrogens (tertiary/aromatic N) is 2. The van der Waals surface area contributed by atoms with Gasteiger partial charge >= 0.3 is 0 Å². The molecule has 1 heterocycles. The summed E-state index contributed by atoms with van der Waals surface area (Å²) in [5.74, 6) is 0.706. The summed E-state index contributed by atoms with van der Waals surface area (Å²) in [6.07, 6.45) is 5.60. The average Bonchev–Trinajstić information content (AvgIpc) is 2.89. The molecule has 1 aromatic rings. The van der Waals surface area contributed by atoms with Crippen LogP contribution in [0.15, 0.2) is 12.4 Å². The van der Waals surface area contributed by atoms with Gasteiger partial charge in [-0.1, -0.05) is 12.2 Å². The summed E-state index contributed by atoms with van der Waals surface area (Å²) >= 11 is 4.86. The summed E-state index contributed by atoms with van der Waals surface area (Å²) in [7, 11) is 0. The third kappa shape index (κ3) is 1.92. The Kier molecular flexibility index (Phi) is 2.10. The molecule has 0 saturated heterocycles. The van der Waals surface area contributed by atoms with E-state index < -0.39 is 0 Å². The SMILES string of the molecule is NC(=S)c1nccnc1NC1CC1. The van der Waals surface area contributed by atoms with Gasteiger partial charge in [0, 0.05) is 18.4 Å². The molecule has 1 saturated carbocycles. The van der Waals surface area contributed by atoms with Gasteiger partial charge in [-0.05, 0) is 12.8 Å². The maximum absolute atomic E-state index is 5.50. The van der Waals surface area contributed by atoms with E-state index in [9.17, 15) is 0 Å². The van der Waals surface area contributed by atoms with Crippen molar-refractivity contribution in [3.8, 4) is 0 Å². The highest BCUT2D eigenvalue weighted by molar-refractivity contribution is 7.80. The lowest BCUT2D eigenvalue weighted by molar-refractivity contribution is 1.08. The number of nitrogens with two attached hydrogens (primary N) is 1. The van der Waals surface area contributed by atoms with Crippen molar-refractivity contribution in [3.63, 3.8) is 0 Å². The third-order valence-electron chi connectivity index (χ3n) is 1.85. The number of nitrogens with one attached hydrogen (secondary N) is 1. The molecule has 1 aliphatic carbocycles. The molecule has 2 rings (SSSR count). The fraction of sp³-hybridized carbons (Fsp3) is 0.375. The van der Waals surface area contributed by atoms with Crippen molar-refractivity contribution in [2.75, 3.05) is 5.32 Å². The molecule has 0 aromatic carbocycles. The minimum Gasteiger partial charge on any atom is -0.388 e. The van der Waals surface area contributed by atoms with Crippen molar-refractivity contribution in [2.45, 2.75) is 18.9 Å². The molecular formula is C8H10N4S. The fourth-order valence-corrected chi connectivity index (χ4v) is 1.19. The van der Waals surface area contributed by atoms with Gasteiger partial charge in [0.05, 0.1) is 0 Å². The lowest BCUT2D eigenvalue weighted by Crippen LogP contribution is -2.16. The van der Waals surface area contributed by atoms with E-state index >= 15 is 0 Å². The summed E-state index contributed by atoms with van der Waals surface area (Å²) in [5.41, 5.74) is 6.09. The van der Waals surface area contributed by atoms with E-state index in [1.165, 1.54) is 12.8 Å². The van der Waals surface area contributed by atoms with Crippen LogP contribution in [0.1, 0.15) is 18.5 Å². The highest BCUT2D eigenvalue weighted by atomic mass is 32.1. The molecule has 68 valence electrons. The molecule has 1 aliphatic rings. The van der Waals surface area contributed by atoms with Crippen molar-refractivity contribution < 1.29 is 0 Å². The molecular weight excluding hydrogens is 184 g/mol. The van der Waals surface area contributed by atoms with Crippen LogP contribution in [-0.4, -0.2) is 21.0 Å². The van der Waals surface area contributed by atoms with Gasteiger partial charge in [-0.15, -0.1) is 0 Å². The van der Waals surface area contributed by atoms with E-state index in [0.29, 0.717) is 17.6 Å². The van der Waals surface area contributed by atoms with Crippen LogP contribution in [0.4, 0.5) is 5.82 Å². The highest BCUT2D eigenvalue weighted by Crippen LogP contribution is 2.24. The van der Waals surface area contributed by atoms with E-state index in [1.54, 1.807) is 12.4 Å². The predicted molar refractivity (Wildman–Crippen MR) is 54.6 cm³/mol. The Morgan fingerprint density at radius 1 is 1.46 bits per heavy atom. The molecule has 1 fully saturated rings. The summed E-state index contributed by atoms with van der Waals surface area (Å²) < 4.78 is 0. The number of anilines is 1. The molecule has 0 atom stereocenters. The second kappa shape index (κ2) is 3.26. The van der Waals surface area contributed by atoms with Crippen molar-refractivity contribution in [3.05, 3.63) is 18.1 Å². The van der Waals surface area contributed by atoms with Gasteiger partial charge in [0.15, 0.2) is 5.82 Å². The van der Waals surface area contributed by atoms with Crippen LogP contribution in [0.2, 0.25) is 0 Å². The van der Waals surface area contributed by atoms with Gasteiger partial charge in [-0.25, -0.2) is 9.97 Å². The number of hydrogen-bond donors (Lipinski definition) is 2. The molecule has 0 aliphatic heterocycles. The third-order valence-corrected chi connectivity index (χ3v) is 2.04. The van der Waals surface area contributed by atoms with E-state index in [-0.39, 0.29) is 4.99 Å². The average molecular weight is 194 g/mol. The molecule has 0 radical (unpaired) electrons. The van der Waals surface area contributed by atoms with Gasteiger partial charge in [0.2, 0.25) is 0 Å². The molecule has 13 heavy (non-hydrogen) atoms. The standard InChI is InChI=1S/C8H10N4S/c9-7(13)6-8(11-4-3-10-6)12-5-1-2-5/h3-5H,1-2H2,(H2,9,13)(H,11,12). The van der Waals surface area contributed by atoms with Crippen molar-refractivity contribution in [1.29, 1.82) is 0 Å². The Labute approximate surface area is 81.6 Å². The normalized spacial score (nSPS) is 15.4. The Hall–Kier alpha value is -1.23. The Morgan fingerprint density at radius 2 is 2.15 bits per heavy atom. The lowest BCUT2D eigenvalue weighted by Gasteiger charge is -2.06. The maximum atomic E-state index is 5.50. The topological polar surface area (TPSA) is 63.8 Å². The number of thiocarbonyl (C=S) groups is 1. The van der Waals surface area contributed by atoms with Gasteiger partial charge < -0.3 is 11.1 Å². The molecule has 4 nitrogen and oxygen atoms in total. The van der Waals surface area contributed by atoms with Crippen LogP contribution in [-0.2, 0) is 0 Å². The molecule has 0 bridgehead atoms. The summed E-state index contributed by atoms with van der Waals surface area (Å²) in [5, 5.41) is 3.22. The zero-order valence-corrected chi connectivity index (χ0v) is 7.84. The smallest absolute Gasteiger partial charge is 0.155 e. The first-order valence-corrected chi connectivity index (χ1v) is 4.55. The molecule has 5 heteroatoms. The van der Waals surface area contributed by atoms with Crippen LogP contribution < -0.4 is 11.1 Å². The van der Waals surface area contributed by atoms with Crippen LogP contribution in [0, 0.1) is 0 Å². The van der Waals surface area contributed by atoms with E-state index in [2.05, 4.69) is 15.3 Å². The van der Waals surface area contributed by atoms with Gasteiger partial charge in [-0.2, -0.15) is 0 Å². The molecule has 1 aromatic heterocycles.